The number of carbonyl (C=O) groups is 2. The zero-order chi connectivity index (χ0) is 21.5. The third-order valence-corrected chi connectivity index (χ3v) is 5.27. The number of nitrogens with zero attached hydrogens (tertiary/aromatic N) is 3. The fourth-order valence-electron chi connectivity index (χ4n) is 3.48. The van der Waals surface area contributed by atoms with Crippen molar-refractivity contribution in [2.75, 3.05) is 17.2 Å². The van der Waals surface area contributed by atoms with Crippen molar-refractivity contribution in [2.45, 2.75) is 38.3 Å². The smallest absolute Gasteiger partial charge is 0.329 e. The molecule has 3 rings (SSSR count). The lowest BCUT2D eigenvalue weighted by Gasteiger charge is -2.26. The second-order valence-electron chi connectivity index (χ2n) is 7.40. The molecule has 0 aliphatic heterocycles. The molecule has 1 aromatic carbocycles. The standard InChI is InChI=1S/C20H24N6O4/c21-17-5-2-13(3-6-17)8-22-19-18(26(29)30)10-24-20(25-19)23-9-14-1-4-15(11-27)16(7-14)12-28/h1,4,7,10-13,17H,2-3,5-6,8-9,21H2,(H2,22,23,24,25). The molecule has 0 radical (unpaired) electrons. The summed E-state index contributed by atoms with van der Waals surface area (Å²) in [6.45, 7) is 0.873. The van der Waals surface area contributed by atoms with E-state index in [9.17, 15) is 19.7 Å². The molecule has 158 valence electrons. The minimum Gasteiger partial charge on any atom is -0.364 e. The Labute approximate surface area is 173 Å². The van der Waals surface area contributed by atoms with E-state index >= 15 is 0 Å². The molecule has 0 amide bonds. The minimum atomic E-state index is -0.516. The maximum Gasteiger partial charge on any atom is 0.329 e. The number of carbonyl (C=O) groups excluding carboxylic acids is 2. The van der Waals surface area contributed by atoms with Crippen LogP contribution < -0.4 is 16.4 Å². The zero-order valence-electron chi connectivity index (χ0n) is 16.4. The van der Waals surface area contributed by atoms with E-state index in [-0.39, 0.29) is 30.0 Å². The van der Waals surface area contributed by atoms with Crippen molar-refractivity contribution in [2.24, 2.45) is 11.7 Å². The van der Waals surface area contributed by atoms with E-state index in [2.05, 4.69) is 20.6 Å². The highest BCUT2D eigenvalue weighted by Gasteiger charge is 2.21. The van der Waals surface area contributed by atoms with Gasteiger partial charge in [-0.3, -0.25) is 19.7 Å². The molecule has 1 saturated carbocycles. The monoisotopic (exact) mass is 412 g/mol. The van der Waals surface area contributed by atoms with Crippen molar-refractivity contribution in [3.63, 3.8) is 0 Å². The summed E-state index contributed by atoms with van der Waals surface area (Å²) in [6.07, 6.45) is 6.28. The normalized spacial score (nSPS) is 18.4. The van der Waals surface area contributed by atoms with Gasteiger partial charge in [0, 0.05) is 30.3 Å². The van der Waals surface area contributed by atoms with Crippen LogP contribution in [0.1, 0.15) is 52.0 Å². The predicted molar refractivity (Wildman–Crippen MR) is 112 cm³/mol. The van der Waals surface area contributed by atoms with E-state index in [1.807, 2.05) is 0 Å². The largest absolute Gasteiger partial charge is 0.364 e. The number of aldehydes is 2. The molecule has 0 unspecified atom stereocenters. The van der Waals surface area contributed by atoms with Gasteiger partial charge in [-0.25, -0.2) is 4.98 Å². The maximum absolute atomic E-state index is 11.3. The number of benzene rings is 1. The van der Waals surface area contributed by atoms with Crippen LogP contribution in [0.5, 0.6) is 0 Å². The van der Waals surface area contributed by atoms with E-state index in [4.69, 9.17) is 5.73 Å². The third kappa shape index (κ3) is 5.35. The van der Waals surface area contributed by atoms with Crippen molar-refractivity contribution in [3.8, 4) is 0 Å². The lowest BCUT2D eigenvalue weighted by molar-refractivity contribution is -0.384. The first kappa shape index (κ1) is 21.3. The number of nitro groups is 1. The summed E-state index contributed by atoms with van der Waals surface area (Å²) in [5, 5.41) is 17.4. The number of nitrogens with one attached hydrogen (secondary N) is 2. The lowest BCUT2D eigenvalue weighted by atomic mass is 9.86. The number of nitrogens with two attached hydrogens (primary N) is 1. The first-order valence-corrected chi connectivity index (χ1v) is 9.78. The minimum absolute atomic E-state index is 0.164. The predicted octanol–water partition coefficient (Wildman–Crippen LogP) is 2.55. The maximum atomic E-state index is 11.3. The summed E-state index contributed by atoms with van der Waals surface area (Å²) in [6, 6.07) is 5.11. The van der Waals surface area contributed by atoms with Gasteiger partial charge in [0.1, 0.15) is 6.20 Å². The third-order valence-electron chi connectivity index (χ3n) is 5.27. The number of hydrogen-bond acceptors (Lipinski definition) is 9. The molecular formula is C20H24N6O4. The van der Waals surface area contributed by atoms with Gasteiger partial charge < -0.3 is 16.4 Å². The van der Waals surface area contributed by atoms with Crippen LogP contribution in [0.3, 0.4) is 0 Å². The van der Waals surface area contributed by atoms with Crippen molar-refractivity contribution >= 4 is 30.0 Å². The average molecular weight is 412 g/mol. The Morgan fingerprint density at radius 2 is 1.87 bits per heavy atom. The Balaban J connectivity index is 1.68. The number of rotatable bonds is 9. The molecule has 4 N–H and O–H groups in total. The van der Waals surface area contributed by atoms with E-state index in [0.29, 0.717) is 36.2 Å². The van der Waals surface area contributed by atoms with Gasteiger partial charge in [-0.2, -0.15) is 4.98 Å². The molecular weight excluding hydrogens is 388 g/mol. The van der Waals surface area contributed by atoms with Gasteiger partial charge in [0.2, 0.25) is 11.8 Å². The topological polar surface area (TPSA) is 153 Å². The summed E-state index contributed by atoms with van der Waals surface area (Å²) in [7, 11) is 0. The van der Waals surface area contributed by atoms with Gasteiger partial charge in [0.25, 0.3) is 0 Å². The van der Waals surface area contributed by atoms with Crippen LogP contribution in [0.4, 0.5) is 17.5 Å². The Morgan fingerprint density at radius 3 is 2.53 bits per heavy atom. The van der Waals surface area contributed by atoms with E-state index < -0.39 is 4.92 Å². The SMILES string of the molecule is NC1CCC(CNc2nc(NCc3ccc(C=O)c(C=O)c3)ncc2[N+](=O)[O-])CC1. The Bertz CT molecular complexity index is 928. The molecule has 30 heavy (non-hydrogen) atoms. The molecule has 0 spiro atoms. The molecule has 1 aromatic heterocycles. The van der Waals surface area contributed by atoms with Gasteiger partial charge in [0.15, 0.2) is 12.6 Å². The average Bonchev–Trinajstić information content (AvgIpc) is 2.76. The second kappa shape index (κ2) is 9.88. The van der Waals surface area contributed by atoms with Crippen LogP contribution in [-0.2, 0) is 6.54 Å². The van der Waals surface area contributed by atoms with E-state index in [1.165, 1.54) is 6.20 Å². The molecule has 1 heterocycles. The molecule has 0 saturated heterocycles. The van der Waals surface area contributed by atoms with Gasteiger partial charge in [0.05, 0.1) is 4.92 Å². The second-order valence-corrected chi connectivity index (χ2v) is 7.40. The van der Waals surface area contributed by atoms with Crippen molar-refractivity contribution in [3.05, 3.63) is 51.2 Å². The van der Waals surface area contributed by atoms with Crippen LogP contribution in [0.2, 0.25) is 0 Å². The first-order chi connectivity index (χ1) is 14.5. The van der Waals surface area contributed by atoms with Crippen LogP contribution in [0.15, 0.2) is 24.4 Å². The van der Waals surface area contributed by atoms with Crippen molar-refractivity contribution < 1.29 is 14.5 Å². The first-order valence-electron chi connectivity index (χ1n) is 9.78. The number of aromatic nitrogens is 2. The summed E-state index contributed by atoms with van der Waals surface area (Å²) in [5.74, 6) is 0.784. The molecule has 10 nitrogen and oxygen atoms in total. The Morgan fingerprint density at radius 1 is 1.13 bits per heavy atom. The molecule has 10 heteroatoms. The molecule has 1 aliphatic carbocycles. The quantitative estimate of drug-likeness (QED) is 0.320. The highest BCUT2D eigenvalue weighted by atomic mass is 16.6. The molecule has 0 atom stereocenters. The van der Waals surface area contributed by atoms with E-state index in [0.717, 1.165) is 31.2 Å². The van der Waals surface area contributed by atoms with Crippen LogP contribution in [0.25, 0.3) is 0 Å². The summed E-state index contributed by atoms with van der Waals surface area (Å²) < 4.78 is 0. The highest BCUT2D eigenvalue weighted by Crippen LogP contribution is 2.26. The summed E-state index contributed by atoms with van der Waals surface area (Å²) in [5.41, 5.74) is 7.10. The summed E-state index contributed by atoms with van der Waals surface area (Å²) in [4.78, 5) is 41.1. The number of hydrogen-bond donors (Lipinski definition) is 3. The van der Waals surface area contributed by atoms with Gasteiger partial charge in [-0.1, -0.05) is 12.1 Å². The molecule has 2 aromatic rings. The van der Waals surface area contributed by atoms with Crippen LogP contribution in [0, 0.1) is 16.0 Å². The van der Waals surface area contributed by atoms with Gasteiger partial charge >= 0.3 is 5.69 Å². The Hall–Kier alpha value is -3.40. The van der Waals surface area contributed by atoms with Crippen molar-refractivity contribution in [1.82, 2.24) is 9.97 Å². The summed E-state index contributed by atoms with van der Waals surface area (Å²) >= 11 is 0. The fraction of sp³-hybridized carbons (Fsp3) is 0.400. The van der Waals surface area contributed by atoms with Gasteiger partial charge in [-0.05, 0) is 43.2 Å². The molecule has 0 bridgehead atoms. The van der Waals surface area contributed by atoms with E-state index in [1.54, 1.807) is 18.2 Å². The molecule has 1 fully saturated rings. The zero-order valence-corrected chi connectivity index (χ0v) is 16.4. The number of anilines is 2. The van der Waals surface area contributed by atoms with Crippen LogP contribution >= 0.6 is 0 Å². The lowest BCUT2D eigenvalue weighted by Crippen LogP contribution is -2.29. The highest BCUT2D eigenvalue weighted by molar-refractivity contribution is 5.90. The van der Waals surface area contributed by atoms with Crippen LogP contribution in [-0.4, -0.2) is 40.1 Å². The molecule has 1 aliphatic rings. The van der Waals surface area contributed by atoms with Gasteiger partial charge in [-0.15, -0.1) is 0 Å². The Kier molecular flexibility index (Phi) is 7.02. The van der Waals surface area contributed by atoms with Crippen molar-refractivity contribution in [1.29, 1.82) is 0 Å². The fourth-order valence-corrected chi connectivity index (χ4v) is 3.48.